The third kappa shape index (κ3) is 3.70. The Hall–Kier alpha value is -0.350. The van der Waals surface area contributed by atoms with Crippen LogP contribution in [-0.2, 0) is 16.6 Å². The van der Waals surface area contributed by atoms with Crippen LogP contribution in [0.2, 0.25) is 0 Å². The van der Waals surface area contributed by atoms with Gasteiger partial charge in [-0.3, -0.25) is 0 Å². The molecule has 3 nitrogen and oxygen atoms in total. The smallest absolute Gasteiger partial charge is 0.207 e. The maximum absolute atomic E-state index is 13.8. The van der Waals surface area contributed by atoms with Gasteiger partial charge < -0.3 is 0 Å². The summed E-state index contributed by atoms with van der Waals surface area (Å²) in [7, 11) is -2.72. The molecule has 1 aromatic heterocycles. The summed E-state index contributed by atoms with van der Waals surface area (Å²) in [5.74, 6) is -1.97. The Balaban J connectivity index is 2.38. The summed E-state index contributed by atoms with van der Waals surface area (Å²) in [6.45, 7) is 0.0991. The fraction of sp³-hybridized carbons (Fsp3) is 0.167. The van der Waals surface area contributed by atoms with Crippen LogP contribution in [0.1, 0.15) is 4.88 Å². The third-order valence-electron chi connectivity index (χ3n) is 2.63. The number of halogens is 4. The van der Waals surface area contributed by atoms with Gasteiger partial charge in [0.05, 0.1) is 0 Å². The predicted octanol–water partition coefficient (Wildman–Crippen LogP) is 4.37. The zero-order valence-corrected chi connectivity index (χ0v) is 15.4. The average Bonchev–Trinajstić information content (AvgIpc) is 2.72. The summed E-state index contributed by atoms with van der Waals surface area (Å²) in [6, 6.07) is 3.26. The quantitative estimate of drug-likeness (QED) is 0.679. The van der Waals surface area contributed by atoms with E-state index >= 15 is 0 Å². The monoisotopic (exact) mass is 459 g/mol. The molecule has 0 unspecified atom stereocenters. The molecule has 0 aliphatic rings. The lowest BCUT2D eigenvalue weighted by molar-refractivity contribution is 0.460. The Morgan fingerprint density at radius 3 is 2.43 bits per heavy atom. The molecule has 0 atom stereocenters. The zero-order valence-electron chi connectivity index (χ0n) is 10.6. The molecule has 0 spiro atoms. The third-order valence-corrected chi connectivity index (χ3v) is 7.08. The van der Waals surface area contributed by atoms with E-state index in [1.807, 2.05) is 5.38 Å². The number of hydrogen-bond donors (Lipinski definition) is 0. The van der Waals surface area contributed by atoms with Gasteiger partial charge in [0.1, 0.15) is 16.5 Å². The summed E-state index contributed by atoms with van der Waals surface area (Å²) >= 11 is 7.56. The van der Waals surface area contributed by atoms with Crippen LogP contribution >= 0.6 is 43.2 Å². The van der Waals surface area contributed by atoms with Gasteiger partial charge in [-0.2, -0.15) is 4.31 Å². The topological polar surface area (TPSA) is 37.4 Å². The molecule has 0 radical (unpaired) electrons. The van der Waals surface area contributed by atoms with E-state index in [1.165, 1.54) is 18.4 Å². The van der Waals surface area contributed by atoms with Crippen molar-refractivity contribution >= 4 is 53.2 Å². The van der Waals surface area contributed by atoms with Crippen molar-refractivity contribution in [3.63, 3.8) is 0 Å². The lowest BCUT2D eigenvalue weighted by Gasteiger charge is -2.17. The highest BCUT2D eigenvalue weighted by Gasteiger charge is 2.28. The number of hydrogen-bond acceptors (Lipinski definition) is 3. The van der Waals surface area contributed by atoms with Gasteiger partial charge in [-0.1, -0.05) is 0 Å². The van der Waals surface area contributed by atoms with Crippen molar-refractivity contribution in [3.05, 3.63) is 49.0 Å². The van der Waals surface area contributed by atoms with Crippen LogP contribution in [-0.4, -0.2) is 19.8 Å². The van der Waals surface area contributed by atoms with Crippen molar-refractivity contribution in [1.82, 2.24) is 4.31 Å². The standard InChI is InChI=1S/C12H9Br2F2NO2S2/c1-17(5-9-2-7(13)6-20-9)21(18,19)12-10(14)3-8(15)4-11(12)16/h2-4,6H,5H2,1H3. The average molecular weight is 461 g/mol. The molecule has 21 heavy (non-hydrogen) atoms. The number of sulfonamides is 1. The second-order valence-corrected chi connectivity index (χ2v) is 8.94. The van der Waals surface area contributed by atoms with Gasteiger partial charge >= 0.3 is 0 Å². The van der Waals surface area contributed by atoms with Crippen molar-refractivity contribution in [3.8, 4) is 0 Å². The first-order valence-corrected chi connectivity index (χ1v) is 9.46. The van der Waals surface area contributed by atoms with E-state index in [0.717, 1.165) is 19.7 Å². The molecule has 0 fully saturated rings. The van der Waals surface area contributed by atoms with Crippen molar-refractivity contribution < 1.29 is 17.2 Å². The van der Waals surface area contributed by atoms with Gasteiger partial charge in [-0.05, 0) is 44.0 Å². The van der Waals surface area contributed by atoms with E-state index in [0.29, 0.717) is 6.07 Å². The number of nitrogens with zero attached hydrogens (tertiary/aromatic N) is 1. The Kier molecular flexibility index (Phi) is 5.19. The van der Waals surface area contributed by atoms with Crippen LogP contribution in [0.4, 0.5) is 8.78 Å². The predicted molar refractivity (Wildman–Crippen MR) is 84.7 cm³/mol. The molecule has 114 valence electrons. The zero-order chi connectivity index (χ0) is 15.8. The lowest BCUT2D eigenvalue weighted by atomic mass is 10.3. The molecule has 0 aliphatic heterocycles. The Labute approximate surface area is 141 Å². The SMILES string of the molecule is CN(Cc1cc(Br)cs1)S(=O)(=O)c1c(F)cc(F)cc1Br. The Morgan fingerprint density at radius 2 is 1.90 bits per heavy atom. The first-order valence-electron chi connectivity index (χ1n) is 5.55. The normalized spacial score (nSPS) is 12.1. The molecule has 1 heterocycles. The molecular formula is C12H9Br2F2NO2S2. The Morgan fingerprint density at radius 1 is 1.24 bits per heavy atom. The number of benzene rings is 1. The molecule has 0 N–H and O–H groups in total. The van der Waals surface area contributed by atoms with E-state index in [1.54, 1.807) is 6.07 Å². The fourth-order valence-electron chi connectivity index (χ4n) is 1.67. The summed E-state index contributed by atoms with van der Waals surface area (Å²) in [4.78, 5) is 0.230. The molecular weight excluding hydrogens is 452 g/mol. The minimum absolute atomic E-state index is 0.0991. The lowest BCUT2D eigenvalue weighted by Crippen LogP contribution is -2.27. The van der Waals surface area contributed by atoms with Crippen molar-refractivity contribution in [1.29, 1.82) is 0 Å². The number of rotatable bonds is 4. The van der Waals surface area contributed by atoms with Crippen LogP contribution in [0.5, 0.6) is 0 Å². The summed E-state index contributed by atoms with van der Waals surface area (Å²) in [5.41, 5.74) is 0. The highest BCUT2D eigenvalue weighted by molar-refractivity contribution is 9.10. The van der Waals surface area contributed by atoms with Crippen molar-refractivity contribution in [2.45, 2.75) is 11.4 Å². The second kappa shape index (κ2) is 6.41. The maximum Gasteiger partial charge on any atom is 0.247 e. The van der Waals surface area contributed by atoms with Gasteiger partial charge in [0, 0.05) is 38.9 Å². The first-order chi connectivity index (χ1) is 9.71. The van der Waals surface area contributed by atoms with Crippen LogP contribution in [0.15, 0.2) is 37.4 Å². The van der Waals surface area contributed by atoms with Crippen LogP contribution in [0.3, 0.4) is 0 Å². The van der Waals surface area contributed by atoms with Gasteiger partial charge in [0.25, 0.3) is 0 Å². The van der Waals surface area contributed by atoms with E-state index in [2.05, 4.69) is 31.9 Å². The largest absolute Gasteiger partial charge is 0.247 e. The van der Waals surface area contributed by atoms with E-state index in [4.69, 9.17) is 0 Å². The van der Waals surface area contributed by atoms with Crippen molar-refractivity contribution in [2.24, 2.45) is 0 Å². The molecule has 1 aromatic carbocycles. The van der Waals surface area contributed by atoms with Gasteiger partial charge in [0.2, 0.25) is 10.0 Å². The molecule has 0 amide bonds. The van der Waals surface area contributed by atoms with Crippen LogP contribution in [0.25, 0.3) is 0 Å². The molecule has 2 rings (SSSR count). The van der Waals surface area contributed by atoms with E-state index in [-0.39, 0.29) is 11.0 Å². The van der Waals surface area contributed by atoms with Crippen LogP contribution in [0, 0.1) is 11.6 Å². The first kappa shape index (κ1) is 17.0. The van der Waals surface area contributed by atoms with Gasteiger partial charge in [0.15, 0.2) is 0 Å². The highest BCUT2D eigenvalue weighted by atomic mass is 79.9. The summed E-state index contributed by atoms with van der Waals surface area (Å²) in [6.07, 6.45) is 0. The summed E-state index contributed by atoms with van der Waals surface area (Å²) in [5, 5.41) is 1.82. The second-order valence-electron chi connectivity index (χ2n) is 4.19. The summed E-state index contributed by atoms with van der Waals surface area (Å²) < 4.78 is 53.5. The van der Waals surface area contributed by atoms with Gasteiger partial charge in [-0.15, -0.1) is 11.3 Å². The van der Waals surface area contributed by atoms with Crippen molar-refractivity contribution in [2.75, 3.05) is 7.05 Å². The van der Waals surface area contributed by atoms with Crippen LogP contribution < -0.4 is 0 Å². The highest BCUT2D eigenvalue weighted by Crippen LogP contribution is 2.30. The molecule has 0 saturated heterocycles. The van der Waals surface area contributed by atoms with E-state index < -0.39 is 26.6 Å². The van der Waals surface area contributed by atoms with E-state index in [9.17, 15) is 17.2 Å². The number of thiophene rings is 1. The molecule has 0 bridgehead atoms. The minimum Gasteiger partial charge on any atom is -0.207 e. The minimum atomic E-state index is -4.07. The molecule has 0 saturated carbocycles. The van der Waals surface area contributed by atoms with Gasteiger partial charge in [-0.25, -0.2) is 17.2 Å². The molecule has 2 aromatic rings. The molecule has 9 heteroatoms. The molecule has 0 aliphatic carbocycles. The fourth-order valence-corrected chi connectivity index (χ4v) is 5.51. The Bertz CT molecular complexity index is 754. The maximum atomic E-state index is 13.8.